The van der Waals surface area contributed by atoms with E-state index in [0.717, 1.165) is 0 Å². The number of hydrogen-bond donors (Lipinski definition) is 0. The van der Waals surface area contributed by atoms with Gasteiger partial charge in [-0.15, -0.1) is 0 Å². The van der Waals surface area contributed by atoms with Gasteiger partial charge in [-0.25, -0.2) is 0 Å². The summed E-state index contributed by atoms with van der Waals surface area (Å²) in [7, 11) is -2.91. The van der Waals surface area contributed by atoms with Gasteiger partial charge in [0.05, 0.1) is 10.8 Å². The smallest absolute Gasteiger partial charge is 0.0737 e. The van der Waals surface area contributed by atoms with Crippen LogP contribution in [0.25, 0.3) is 55.7 Å². The Morgan fingerprint density at radius 2 is 0.541 bits per heavy atom. The molecule has 4 aliphatic carbocycles. The van der Waals surface area contributed by atoms with E-state index in [1.54, 1.807) is 0 Å². The lowest BCUT2D eigenvalue weighted by Gasteiger charge is -2.37. The van der Waals surface area contributed by atoms with Crippen LogP contribution in [0.3, 0.4) is 0 Å². The minimum Gasteiger partial charge on any atom is -0.0737 e. The van der Waals surface area contributed by atoms with E-state index < -0.39 is 18.9 Å². The average molecular weight is 949 g/mol. The monoisotopic (exact) mass is 948 g/mol. The molecule has 0 atom stereocenters. The van der Waals surface area contributed by atoms with Crippen molar-refractivity contribution in [3.63, 3.8) is 0 Å². The fourth-order valence-electron chi connectivity index (χ4n) is 15.7. The normalized spacial score (nSPS) is 16.0. The van der Waals surface area contributed by atoms with Gasteiger partial charge >= 0.3 is 0 Å². The van der Waals surface area contributed by atoms with Crippen molar-refractivity contribution in [3.8, 4) is 44.5 Å². The van der Waals surface area contributed by atoms with Gasteiger partial charge in [-0.1, -0.05) is 299 Å². The standard InChI is InChI=1S/C72H45BSi/c1-2-22-46(23-3-1)73-65-40-16-18-42-67(65)74(68-43-19-17-41-66(68)73)44-55(51-30-20-38-63-69(51)53-28-8-14-36-61(53)71(63)57-32-10-4-24-47(57)48-25-5-11-33-58(48)71)56(45-74)52-31-21-39-64-70(52)54-29-9-15-37-62(54)72(64)59-34-12-6-26-49(59)50-27-7-13-35-60(50)72/h1-45H. The lowest BCUT2D eigenvalue weighted by atomic mass is 9.36. The number of rotatable bonds is 3. The number of allylic oxidation sites excluding steroid dienone is 2. The van der Waals surface area contributed by atoms with Crippen LogP contribution in [0, 0.1) is 0 Å². The largest absolute Gasteiger partial charge is 0.240 e. The van der Waals surface area contributed by atoms with Crippen LogP contribution >= 0.6 is 0 Å². The van der Waals surface area contributed by atoms with Crippen molar-refractivity contribution in [2.24, 2.45) is 0 Å². The molecule has 0 saturated heterocycles. The summed E-state index contributed by atoms with van der Waals surface area (Å²) < 4.78 is 0. The Balaban J connectivity index is 0.996. The van der Waals surface area contributed by atoms with E-state index in [9.17, 15) is 0 Å². The average Bonchev–Trinajstić information content (AvgIpc) is 4.25. The summed E-state index contributed by atoms with van der Waals surface area (Å²) >= 11 is 0. The molecule has 0 unspecified atom stereocenters. The minimum atomic E-state index is -2.91. The second-order valence-corrected chi connectivity index (χ2v) is 24.6. The SMILES string of the molecule is C1=C(c2cccc3c2-c2ccccc2C32c3ccccc3-c3ccccc32)C(c2cccc3c2-c2ccccc2C32c3ccccc3-c3ccccc32)=C[Si]12c1ccccc1B(c1ccccc1)c1ccccc12. The molecule has 2 heteroatoms. The van der Waals surface area contributed by atoms with Gasteiger partial charge in [-0.2, -0.15) is 0 Å². The second kappa shape index (κ2) is 14.7. The summed E-state index contributed by atoms with van der Waals surface area (Å²) in [4.78, 5) is 0. The third kappa shape index (κ3) is 4.82. The van der Waals surface area contributed by atoms with E-state index in [4.69, 9.17) is 0 Å². The Labute approximate surface area is 433 Å². The molecule has 0 nitrogen and oxygen atoms in total. The Bertz CT molecular complexity index is 3990. The fourth-order valence-corrected chi connectivity index (χ4v) is 20.4. The number of fused-ring (bicyclic) bond motifs is 24. The van der Waals surface area contributed by atoms with E-state index in [2.05, 4.69) is 272 Å². The van der Waals surface area contributed by atoms with Crippen molar-refractivity contribution in [1.29, 1.82) is 0 Å². The highest BCUT2D eigenvalue weighted by Gasteiger charge is 2.56. The van der Waals surface area contributed by atoms with Crippen molar-refractivity contribution >= 4 is 52.7 Å². The molecule has 0 aromatic heterocycles. The highest BCUT2D eigenvalue weighted by Crippen LogP contribution is 2.66. The van der Waals surface area contributed by atoms with E-state index in [-0.39, 0.29) is 6.71 Å². The first-order valence-corrected chi connectivity index (χ1v) is 28.4. The zero-order valence-electron chi connectivity index (χ0n) is 40.6. The fraction of sp³-hybridized carbons (Fsp3) is 0.0278. The van der Waals surface area contributed by atoms with Crippen molar-refractivity contribution in [2.45, 2.75) is 10.8 Å². The lowest BCUT2D eigenvalue weighted by Crippen LogP contribution is -2.77. The maximum atomic E-state index is 2.83. The third-order valence-electron chi connectivity index (χ3n) is 18.2. The van der Waals surface area contributed by atoms with Gasteiger partial charge in [0, 0.05) is 0 Å². The molecular weight excluding hydrogens is 904 g/mol. The van der Waals surface area contributed by atoms with Crippen molar-refractivity contribution in [1.82, 2.24) is 0 Å². The van der Waals surface area contributed by atoms with Gasteiger partial charge in [-0.3, -0.25) is 0 Å². The van der Waals surface area contributed by atoms with Gasteiger partial charge in [0.15, 0.2) is 8.07 Å². The summed E-state index contributed by atoms with van der Waals surface area (Å²) in [6.45, 7) is 0.126. The zero-order chi connectivity index (χ0) is 48.3. The first kappa shape index (κ1) is 40.7. The molecule has 3 spiro atoms. The molecule has 17 rings (SSSR count). The summed E-state index contributed by atoms with van der Waals surface area (Å²) in [5, 5.41) is 2.96. The van der Waals surface area contributed by atoms with Crippen LogP contribution in [-0.2, 0) is 10.8 Å². The van der Waals surface area contributed by atoms with Gasteiger partial charge in [-0.05, 0) is 111 Å². The Morgan fingerprint density at radius 3 is 0.946 bits per heavy atom. The van der Waals surface area contributed by atoms with E-state index in [0.29, 0.717) is 0 Å². The van der Waals surface area contributed by atoms with Gasteiger partial charge in [0.1, 0.15) is 0 Å². The highest BCUT2D eigenvalue weighted by atomic mass is 28.3. The molecule has 2 aliphatic heterocycles. The third-order valence-corrected chi connectivity index (χ3v) is 22.4. The topological polar surface area (TPSA) is 0 Å². The highest BCUT2D eigenvalue weighted by molar-refractivity contribution is 7.20. The molecule has 0 saturated carbocycles. The van der Waals surface area contributed by atoms with Crippen LogP contribution in [0.5, 0.6) is 0 Å². The second-order valence-electron chi connectivity index (χ2n) is 21.2. The van der Waals surface area contributed by atoms with Crippen LogP contribution in [-0.4, -0.2) is 14.8 Å². The molecule has 74 heavy (non-hydrogen) atoms. The van der Waals surface area contributed by atoms with Crippen LogP contribution < -0.4 is 26.8 Å². The Morgan fingerprint density at radius 1 is 0.243 bits per heavy atom. The minimum absolute atomic E-state index is 0.126. The van der Waals surface area contributed by atoms with Crippen LogP contribution in [0.1, 0.15) is 55.6 Å². The predicted octanol–water partition coefficient (Wildman–Crippen LogP) is 13.0. The molecule has 0 N–H and O–H groups in total. The molecule has 340 valence electrons. The summed E-state index contributed by atoms with van der Waals surface area (Å²) in [6, 6.07) is 100. The van der Waals surface area contributed by atoms with E-state index >= 15 is 0 Å². The molecule has 0 amide bonds. The Hall–Kier alpha value is -8.82. The zero-order valence-corrected chi connectivity index (χ0v) is 41.6. The van der Waals surface area contributed by atoms with Gasteiger partial charge < -0.3 is 0 Å². The molecule has 0 radical (unpaired) electrons. The number of hydrogen-bond acceptors (Lipinski definition) is 0. The molecule has 11 aromatic rings. The summed E-state index contributed by atoms with van der Waals surface area (Å²) in [5.41, 5.74) is 35.8. The van der Waals surface area contributed by atoms with E-state index in [1.165, 1.54) is 138 Å². The van der Waals surface area contributed by atoms with Crippen LogP contribution in [0.15, 0.2) is 272 Å². The molecule has 11 aromatic carbocycles. The molecule has 0 bridgehead atoms. The maximum Gasteiger partial charge on any atom is 0.240 e. The maximum absolute atomic E-state index is 2.91. The Kier molecular flexibility index (Phi) is 8.07. The quantitative estimate of drug-likeness (QED) is 0.155. The van der Waals surface area contributed by atoms with Gasteiger partial charge in [0.2, 0.25) is 6.71 Å². The van der Waals surface area contributed by atoms with Crippen molar-refractivity contribution < 1.29 is 0 Å². The van der Waals surface area contributed by atoms with Crippen molar-refractivity contribution in [2.75, 3.05) is 0 Å². The van der Waals surface area contributed by atoms with Crippen LogP contribution in [0.4, 0.5) is 0 Å². The molecule has 6 aliphatic rings. The van der Waals surface area contributed by atoms with Crippen LogP contribution in [0.2, 0.25) is 0 Å². The van der Waals surface area contributed by atoms with Gasteiger partial charge in [0.25, 0.3) is 0 Å². The summed E-state index contributed by atoms with van der Waals surface area (Å²) in [6.07, 6.45) is 0. The lowest BCUT2D eigenvalue weighted by molar-refractivity contribution is 0.793. The van der Waals surface area contributed by atoms with E-state index in [1.807, 2.05) is 0 Å². The first-order valence-electron chi connectivity index (χ1n) is 26.3. The first-order chi connectivity index (χ1) is 36.7. The summed E-state index contributed by atoms with van der Waals surface area (Å²) in [5.74, 6) is 0. The molecule has 2 heterocycles. The van der Waals surface area contributed by atoms with Crippen molar-refractivity contribution in [3.05, 3.63) is 328 Å². The molecule has 0 fully saturated rings. The molecular formula is C72H45BSi. The predicted molar refractivity (Wildman–Crippen MR) is 310 cm³/mol. The number of benzene rings is 11.